The molecule has 0 radical (unpaired) electrons. The maximum atomic E-state index is 12.6. The Morgan fingerprint density at radius 1 is 1.03 bits per heavy atom. The van der Waals surface area contributed by atoms with Crippen LogP contribution in [0.15, 0.2) is 48.5 Å². The van der Waals surface area contributed by atoms with Gasteiger partial charge >= 0.3 is 0 Å². The first-order chi connectivity index (χ1) is 16.0. The normalized spacial score (nSPS) is 16.0. The lowest BCUT2D eigenvalue weighted by atomic mass is 10.0. The zero-order valence-electron chi connectivity index (χ0n) is 18.0. The summed E-state index contributed by atoms with van der Waals surface area (Å²) < 4.78 is 10.8. The zero-order chi connectivity index (χ0) is 23.6. The second-order valence-corrected chi connectivity index (χ2v) is 7.44. The van der Waals surface area contributed by atoms with Crippen LogP contribution in [0, 0.1) is 0 Å². The monoisotopic (exact) mass is 457 g/mol. The predicted molar refractivity (Wildman–Crippen MR) is 118 cm³/mol. The van der Waals surface area contributed by atoms with Gasteiger partial charge in [-0.25, -0.2) is 5.48 Å². The highest BCUT2D eigenvalue weighted by atomic mass is 16.5. The number of hydrogen-bond donors (Lipinski definition) is 5. The summed E-state index contributed by atoms with van der Waals surface area (Å²) in [5.41, 5.74) is 3.39. The van der Waals surface area contributed by atoms with Gasteiger partial charge in [-0.1, -0.05) is 24.3 Å². The van der Waals surface area contributed by atoms with Gasteiger partial charge < -0.3 is 25.2 Å². The average Bonchev–Trinajstić information content (AvgIpc) is 3.38. The van der Waals surface area contributed by atoms with Crippen molar-refractivity contribution in [1.82, 2.24) is 16.1 Å². The molecule has 1 fully saturated rings. The van der Waals surface area contributed by atoms with E-state index in [1.165, 1.54) is 5.48 Å². The van der Waals surface area contributed by atoms with Crippen LogP contribution in [0.5, 0.6) is 5.75 Å². The number of carbonyl (C=O) groups is 3. The molecule has 33 heavy (non-hydrogen) atoms. The van der Waals surface area contributed by atoms with E-state index in [2.05, 4.69) is 10.6 Å². The lowest BCUT2D eigenvalue weighted by Gasteiger charge is -2.18. The number of hydroxylamine groups is 1. The molecular formula is C23H27N3O7. The Morgan fingerprint density at radius 2 is 1.70 bits per heavy atom. The fourth-order valence-corrected chi connectivity index (χ4v) is 3.37. The molecule has 10 heteroatoms. The van der Waals surface area contributed by atoms with E-state index in [1.807, 2.05) is 12.1 Å². The molecule has 0 aliphatic carbocycles. The van der Waals surface area contributed by atoms with Gasteiger partial charge in [-0.15, -0.1) is 0 Å². The fraction of sp³-hybridized carbons (Fsp3) is 0.348. The SMILES string of the molecule is O=C(NC(C(=O)NO)C(=O)NCC1CCCO1)c1ccc(-c2ccc(OCCO)cc2)cc1. The van der Waals surface area contributed by atoms with Gasteiger partial charge in [-0.3, -0.25) is 19.6 Å². The predicted octanol–water partition coefficient (Wildman–Crippen LogP) is 0.624. The molecule has 2 aromatic rings. The second-order valence-electron chi connectivity index (χ2n) is 7.44. The van der Waals surface area contributed by atoms with Crippen LogP contribution in [0.2, 0.25) is 0 Å². The molecule has 1 saturated heterocycles. The molecule has 1 aliphatic rings. The topological polar surface area (TPSA) is 146 Å². The molecule has 1 aliphatic heterocycles. The minimum absolute atomic E-state index is 0.0668. The Balaban J connectivity index is 1.62. The number of amides is 3. The van der Waals surface area contributed by atoms with Gasteiger partial charge in [-0.2, -0.15) is 0 Å². The molecule has 0 spiro atoms. The van der Waals surface area contributed by atoms with Crippen molar-refractivity contribution in [2.24, 2.45) is 0 Å². The van der Waals surface area contributed by atoms with E-state index in [0.29, 0.717) is 12.4 Å². The van der Waals surface area contributed by atoms with Gasteiger partial charge in [0.15, 0.2) is 6.04 Å². The van der Waals surface area contributed by atoms with Crippen molar-refractivity contribution in [1.29, 1.82) is 0 Å². The Morgan fingerprint density at radius 3 is 2.27 bits per heavy atom. The van der Waals surface area contributed by atoms with Gasteiger partial charge in [0.05, 0.1) is 12.7 Å². The molecule has 2 atom stereocenters. The van der Waals surface area contributed by atoms with Crippen LogP contribution in [0.3, 0.4) is 0 Å². The first kappa shape index (κ1) is 24.2. The Bertz CT molecular complexity index is 942. The number of aliphatic hydroxyl groups excluding tert-OH is 1. The molecule has 1 heterocycles. The van der Waals surface area contributed by atoms with Crippen LogP contribution < -0.4 is 20.9 Å². The molecule has 3 rings (SSSR count). The first-order valence-electron chi connectivity index (χ1n) is 10.6. The Hall–Kier alpha value is -3.47. The molecule has 5 N–H and O–H groups in total. The molecular weight excluding hydrogens is 430 g/mol. The van der Waals surface area contributed by atoms with Crippen molar-refractivity contribution in [2.75, 3.05) is 26.4 Å². The van der Waals surface area contributed by atoms with E-state index < -0.39 is 23.8 Å². The van der Waals surface area contributed by atoms with E-state index in [-0.39, 0.29) is 31.4 Å². The van der Waals surface area contributed by atoms with Crippen molar-refractivity contribution in [3.8, 4) is 16.9 Å². The zero-order valence-corrected chi connectivity index (χ0v) is 18.0. The van der Waals surface area contributed by atoms with Crippen molar-refractivity contribution < 1.29 is 34.2 Å². The van der Waals surface area contributed by atoms with Gasteiger partial charge in [0, 0.05) is 18.7 Å². The van der Waals surface area contributed by atoms with E-state index in [4.69, 9.17) is 19.8 Å². The van der Waals surface area contributed by atoms with Crippen LogP contribution in [0.1, 0.15) is 23.2 Å². The maximum Gasteiger partial charge on any atom is 0.275 e. The van der Waals surface area contributed by atoms with Crippen LogP contribution in [0.4, 0.5) is 0 Å². The highest BCUT2D eigenvalue weighted by Gasteiger charge is 2.29. The number of benzene rings is 2. The minimum atomic E-state index is -1.60. The van der Waals surface area contributed by atoms with Crippen molar-refractivity contribution in [3.05, 3.63) is 54.1 Å². The van der Waals surface area contributed by atoms with Gasteiger partial charge in [-0.05, 0) is 48.2 Å². The summed E-state index contributed by atoms with van der Waals surface area (Å²) in [6.07, 6.45) is 1.56. The van der Waals surface area contributed by atoms with Gasteiger partial charge in [0.25, 0.3) is 17.7 Å². The quantitative estimate of drug-likeness (QED) is 0.200. The summed E-state index contributed by atoms with van der Waals surface area (Å²) in [7, 11) is 0. The van der Waals surface area contributed by atoms with Crippen molar-refractivity contribution >= 4 is 17.7 Å². The van der Waals surface area contributed by atoms with Crippen molar-refractivity contribution in [2.45, 2.75) is 25.0 Å². The third-order valence-electron chi connectivity index (χ3n) is 5.13. The lowest BCUT2D eigenvalue weighted by molar-refractivity contribution is -0.137. The summed E-state index contributed by atoms with van der Waals surface area (Å²) in [5.74, 6) is -1.80. The summed E-state index contributed by atoms with van der Waals surface area (Å²) in [5, 5.41) is 22.7. The maximum absolute atomic E-state index is 12.6. The van der Waals surface area contributed by atoms with Crippen LogP contribution >= 0.6 is 0 Å². The second kappa shape index (κ2) is 12.0. The Labute approximate surface area is 190 Å². The molecule has 0 saturated carbocycles. The number of nitrogens with one attached hydrogen (secondary N) is 3. The number of ether oxygens (including phenoxy) is 2. The van der Waals surface area contributed by atoms with E-state index in [9.17, 15) is 14.4 Å². The molecule has 2 aromatic carbocycles. The minimum Gasteiger partial charge on any atom is -0.491 e. The summed E-state index contributed by atoms with van der Waals surface area (Å²) in [6, 6.07) is 12.3. The third-order valence-corrected chi connectivity index (χ3v) is 5.13. The molecule has 176 valence electrons. The van der Waals surface area contributed by atoms with E-state index in [0.717, 1.165) is 24.0 Å². The van der Waals surface area contributed by atoms with Crippen molar-refractivity contribution in [3.63, 3.8) is 0 Å². The highest BCUT2D eigenvalue weighted by molar-refractivity contribution is 6.08. The smallest absolute Gasteiger partial charge is 0.275 e. The molecule has 0 bridgehead atoms. The fourth-order valence-electron chi connectivity index (χ4n) is 3.37. The molecule has 3 amide bonds. The Kier molecular flexibility index (Phi) is 8.76. The first-order valence-corrected chi connectivity index (χ1v) is 10.6. The van der Waals surface area contributed by atoms with E-state index >= 15 is 0 Å². The highest BCUT2D eigenvalue weighted by Crippen LogP contribution is 2.23. The number of rotatable bonds is 10. The largest absolute Gasteiger partial charge is 0.491 e. The summed E-state index contributed by atoms with van der Waals surface area (Å²) in [6.45, 7) is 0.978. The molecule has 10 nitrogen and oxygen atoms in total. The standard InChI is InChI=1S/C23H27N3O7/c27-11-13-33-18-9-7-16(8-10-18)15-3-5-17(6-4-15)21(28)25-20(23(30)26-31)22(29)24-14-19-2-1-12-32-19/h3-10,19-20,27,31H,1-2,11-14H2,(H,24,29)(H,25,28)(H,26,30). The molecule has 2 unspecified atom stereocenters. The van der Waals surface area contributed by atoms with Crippen LogP contribution in [-0.4, -0.2) is 66.5 Å². The molecule has 0 aromatic heterocycles. The van der Waals surface area contributed by atoms with E-state index in [1.54, 1.807) is 36.4 Å². The number of hydrogen-bond acceptors (Lipinski definition) is 7. The summed E-state index contributed by atoms with van der Waals surface area (Å²) in [4.78, 5) is 37.0. The number of carbonyl (C=O) groups excluding carboxylic acids is 3. The number of aliphatic hydroxyl groups is 1. The lowest BCUT2D eigenvalue weighted by Crippen LogP contribution is -2.55. The van der Waals surface area contributed by atoms with Crippen LogP contribution in [-0.2, 0) is 14.3 Å². The van der Waals surface area contributed by atoms with Crippen LogP contribution in [0.25, 0.3) is 11.1 Å². The third kappa shape index (κ3) is 6.75. The van der Waals surface area contributed by atoms with Gasteiger partial charge in [0.1, 0.15) is 12.4 Å². The van der Waals surface area contributed by atoms with Gasteiger partial charge in [0.2, 0.25) is 0 Å². The average molecular weight is 457 g/mol. The summed E-state index contributed by atoms with van der Waals surface area (Å²) >= 11 is 0.